The number of primary amides is 1. The first-order chi connectivity index (χ1) is 7.69. The summed E-state index contributed by atoms with van der Waals surface area (Å²) >= 11 is 0. The van der Waals surface area contributed by atoms with Crippen LogP contribution in [0.1, 0.15) is 13.8 Å². The fourth-order valence-electron chi connectivity index (χ4n) is 0.408. The molecular weight excluding hydrogens is 256 g/mol. The van der Waals surface area contributed by atoms with Crippen LogP contribution in [0.5, 0.6) is 0 Å². The third-order valence-corrected chi connectivity index (χ3v) is 1.81. The zero-order chi connectivity index (χ0) is 15.6. The third kappa shape index (κ3) is 80.9. The highest BCUT2D eigenvalue weighted by molar-refractivity contribution is 7.85. The Kier molecular flexibility index (Phi) is 12.4. The summed E-state index contributed by atoms with van der Waals surface area (Å²) in [6, 6.07) is 0. The molecule has 0 heterocycles. The van der Waals surface area contributed by atoms with Gasteiger partial charge in [-0.15, -0.1) is 0 Å². The van der Waals surface area contributed by atoms with Crippen LogP contribution in [0.25, 0.3) is 0 Å². The summed E-state index contributed by atoms with van der Waals surface area (Å²) in [5.74, 6) is -0.796. The number of amides is 1. The SMILES string of the molecule is C=CC(N)=O.CC(C)CS(=O)(=O)[O-].C[N+](C)(C)C. The van der Waals surface area contributed by atoms with Crippen LogP contribution in [0.4, 0.5) is 0 Å². The quantitative estimate of drug-likeness (QED) is 0.453. The molecule has 7 heteroatoms. The van der Waals surface area contributed by atoms with Crippen molar-refractivity contribution in [3.05, 3.63) is 12.7 Å². The topological polar surface area (TPSA) is 100 Å². The van der Waals surface area contributed by atoms with Crippen LogP contribution in [0.3, 0.4) is 0 Å². The van der Waals surface area contributed by atoms with Crippen LogP contribution in [-0.4, -0.2) is 57.3 Å². The molecule has 0 bridgehead atoms. The molecule has 0 aromatic heterocycles. The van der Waals surface area contributed by atoms with Gasteiger partial charge in [0.25, 0.3) is 0 Å². The second-order valence-electron chi connectivity index (χ2n) is 5.41. The fourth-order valence-corrected chi connectivity index (χ4v) is 1.22. The Balaban J connectivity index is -0.000000197. The van der Waals surface area contributed by atoms with Gasteiger partial charge in [0.15, 0.2) is 0 Å². The summed E-state index contributed by atoms with van der Waals surface area (Å²) in [7, 11) is 4.53. The molecule has 0 aliphatic rings. The van der Waals surface area contributed by atoms with Crippen molar-refractivity contribution >= 4 is 16.0 Å². The Morgan fingerprint density at radius 2 is 1.56 bits per heavy atom. The summed E-state index contributed by atoms with van der Waals surface area (Å²) in [5.41, 5.74) is 4.53. The van der Waals surface area contributed by atoms with Gasteiger partial charge in [-0.05, 0) is 12.0 Å². The maximum absolute atomic E-state index is 9.89. The summed E-state index contributed by atoms with van der Waals surface area (Å²) in [6.07, 6.45) is 1.06. The van der Waals surface area contributed by atoms with Crippen LogP contribution in [0, 0.1) is 5.92 Å². The fraction of sp³-hybridized carbons (Fsp3) is 0.727. The van der Waals surface area contributed by atoms with Crippen LogP contribution in [0.2, 0.25) is 0 Å². The van der Waals surface area contributed by atoms with Crippen LogP contribution >= 0.6 is 0 Å². The van der Waals surface area contributed by atoms with E-state index in [9.17, 15) is 17.8 Å². The van der Waals surface area contributed by atoms with Crippen molar-refractivity contribution in [1.29, 1.82) is 0 Å². The first-order valence-corrected chi connectivity index (χ1v) is 6.91. The minimum atomic E-state index is -3.97. The molecule has 0 fully saturated rings. The van der Waals surface area contributed by atoms with Gasteiger partial charge in [-0.25, -0.2) is 8.42 Å². The van der Waals surface area contributed by atoms with Gasteiger partial charge < -0.3 is 14.8 Å². The molecule has 18 heavy (non-hydrogen) atoms. The molecule has 2 N–H and O–H groups in total. The van der Waals surface area contributed by atoms with E-state index in [1.165, 1.54) is 0 Å². The van der Waals surface area contributed by atoms with Gasteiger partial charge in [0.05, 0.1) is 38.3 Å². The Morgan fingerprint density at radius 1 is 1.33 bits per heavy atom. The Morgan fingerprint density at radius 3 is 1.56 bits per heavy atom. The second-order valence-corrected chi connectivity index (χ2v) is 6.86. The van der Waals surface area contributed by atoms with E-state index in [0.717, 1.165) is 10.6 Å². The average molecular weight is 282 g/mol. The number of carbonyl (C=O) groups is 1. The first-order valence-electron chi connectivity index (χ1n) is 5.33. The van der Waals surface area contributed by atoms with Gasteiger partial charge in [-0.3, -0.25) is 4.79 Å². The number of hydrogen-bond acceptors (Lipinski definition) is 4. The molecule has 0 unspecified atom stereocenters. The molecule has 1 amide bonds. The predicted molar refractivity (Wildman–Crippen MR) is 72.8 cm³/mol. The average Bonchev–Trinajstić information content (AvgIpc) is 1.96. The minimum Gasteiger partial charge on any atom is -0.748 e. The number of nitrogens with zero attached hydrogens (tertiary/aromatic N) is 1. The maximum Gasteiger partial charge on any atom is 0.240 e. The molecule has 0 aliphatic heterocycles. The van der Waals surface area contributed by atoms with Gasteiger partial charge in [-0.1, -0.05) is 20.4 Å². The van der Waals surface area contributed by atoms with E-state index >= 15 is 0 Å². The highest BCUT2D eigenvalue weighted by atomic mass is 32.2. The molecule has 0 aromatic carbocycles. The van der Waals surface area contributed by atoms with Crippen molar-refractivity contribution in [3.63, 3.8) is 0 Å². The van der Waals surface area contributed by atoms with Crippen molar-refractivity contribution in [1.82, 2.24) is 0 Å². The van der Waals surface area contributed by atoms with Crippen molar-refractivity contribution in [3.8, 4) is 0 Å². The Bertz CT molecular complexity index is 323. The monoisotopic (exact) mass is 282 g/mol. The number of nitrogens with two attached hydrogens (primary N) is 1. The zero-order valence-electron chi connectivity index (χ0n) is 12.1. The highest BCUT2D eigenvalue weighted by Crippen LogP contribution is 1.95. The lowest BCUT2D eigenvalue weighted by atomic mass is 10.3. The Labute approximate surface area is 111 Å². The lowest BCUT2D eigenvalue weighted by Gasteiger charge is -2.14. The summed E-state index contributed by atoms with van der Waals surface area (Å²) in [4.78, 5) is 9.47. The van der Waals surface area contributed by atoms with E-state index in [0.29, 0.717) is 0 Å². The molecule has 0 saturated carbocycles. The molecule has 0 atom stereocenters. The molecule has 0 radical (unpaired) electrons. The van der Waals surface area contributed by atoms with Crippen LogP contribution in [0.15, 0.2) is 12.7 Å². The van der Waals surface area contributed by atoms with Crippen LogP contribution in [-0.2, 0) is 14.9 Å². The van der Waals surface area contributed by atoms with E-state index in [4.69, 9.17) is 0 Å². The molecule has 6 nitrogen and oxygen atoms in total. The predicted octanol–water partition coefficient (Wildman–Crippen LogP) is 0.168. The third-order valence-electron chi connectivity index (χ3n) is 0.739. The first kappa shape index (κ1) is 22.3. The zero-order valence-corrected chi connectivity index (χ0v) is 13.0. The van der Waals surface area contributed by atoms with Gasteiger partial charge >= 0.3 is 0 Å². The van der Waals surface area contributed by atoms with E-state index in [2.05, 4.69) is 40.5 Å². The van der Waals surface area contributed by atoms with Gasteiger partial charge in [0.1, 0.15) is 0 Å². The van der Waals surface area contributed by atoms with Crippen molar-refractivity contribution in [2.75, 3.05) is 33.9 Å². The second kappa shape index (κ2) is 10.0. The number of rotatable bonds is 3. The molecule has 0 aliphatic carbocycles. The number of carbonyl (C=O) groups excluding carboxylic acids is 1. The number of quaternary nitrogens is 1. The summed E-state index contributed by atoms with van der Waals surface area (Å²) in [5, 5.41) is 0. The number of hydrogen-bond donors (Lipinski definition) is 1. The summed E-state index contributed by atoms with van der Waals surface area (Å²) < 4.78 is 30.7. The maximum atomic E-state index is 9.89. The lowest BCUT2D eigenvalue weighted by Crippen LogP contribution is -2.27. The van der Waals surface area contributed by atoms with E-state index in [1.807, 2.05) is 0 Å². The van der Waals surface area contributed by atoms with E-state index < -0.39 is 16.0 Å². The summed E-state index contributed by atoms with van der Waals surface area (Å²) in [6.45, 7) is 6.47. The molecule has 110 valence electrons. The molecule has 0 aromatic rings. The normalized spacial score (nSPS) is 10.7. The molecule has 0 saturated heterocycles. The highest BCUT2D eigenvalue weighted by Gasteiger charge is 1.97. The molecule has 0 spiro atoms. The van der Waals surface area contributed by atoms with Gasteiger partial charge in [-0.2, -0.15) is 0 Å². The minimum absolute atomic E-state index is 0.0579. The smallest absolute Gasteiger partial charge is 0.240 e. The Hall–Kier alpha value is -0.920. The van der Waals surface area contributed by atoms with Gasteiger partial charge in [0, 0.05) is 5.75 Å². The largest absolute Gasteiger partial charge is 0.748 e. The molecule has 0 rings (SSSR count). The lowest BCUT2D eigenvalue weighted by molar-refractivity contribution is -0.849. The van der Waals surface area contributed by atoms with Crippen molar-refractivity contribution < 1.29 is 22.2 Å². The van der Waals surface area contributed by atoms with Crippen LogP contribution < -0.4 is 5.73 Å². The molecular formula is C11H26N2O4S. The standard InChI is InChI=1S/C4H12N.C4H10O3S.C3H5NO/c1-5(2,3)4;1-4(2)3-8(5,6)7;1-2-3(4)5/h1-4H3;4H,3H2,1-2H3,(H,5,6,7);2H,1H2,(H2,4,5)/q+1;;/p-1. The van der Waals surface area contributed by atoms with E-state index in [1.54, 1.807) is 13.8 Å². The van der Waals surface area contributed by atoms with Gasteiger partial charge in [0.2, 0.25) is 5.91 Å². The van der Waals surface area contributed by atoms with Crippen molar-refractivity contribution in [2.45, 2.75) is 13.8 Å². The van der Waals surface area contributed by atoms with Crippen molar-refractivity contribution in [2.24, 2.45) is 11.7 Å². The van der Waals surface area contributed by atoms with E-state index in [-0.39, 0.29) is 11.7 Å².